The number of piperidine rings is 1. The molecule has 0 radical (unpaired) electrons. The second-order valence-corrected chi connectivity index (χ2v) is 9.63. The third-order valence-corrected chi connectivity index (χ3v) is 6.29. The SMILES string of the molecule is COc1cc(C(=O)N2CCC3(CC2)NCCn2c(C(F)(F)F)ccc23)ccc1OC(C)(C)C. The van der Waals surface area contributed by atoms with Gasteiger partial charge in [-0.1, -0.05) is 0 Å². The van der Waals surface area contributed by atoms with E-state index in [9.17, 15) is 18.0 Å². The first-order valence-electron chi connectivity index (χ1n) is 11.1. The summed E-state index contributed by atoms with van der Waals surface area (Å²) >= 11 is 0. The fourth-order valence-corrected chi connectivity index (χ4v) is 4.79. The van der Waals surface area contributed by atoms with Gasteiger partial charge in [0.15, 0.2) is 11.5 Å². The van der Waals surface area contributed by atoms with Crippen molar-refractivity contribution in [2.45, 2.75) is 57.5 Å². The molecular weight excluding hydrogens is 435 g/mol. The van der Waals surface area contributed by atoms with Crippen LogP contribution in [0.25, 0.3) is 0 Å². The van der Waals surface area contributed by atoms with Crippen molar-refractivity contribution in [1.82, 2.24) is 14.8 Å². The zero-order valence-corrected chi connectivity index (χ0v) is 19.4. The minimum Gasteiger partial charge on any atom is -0.493 e. The van der Waals surface area contributed by atoms with Gasteiger partial charge in [-0.2, -0.15) is 13.2 Å². The maximum absolute atomic E-state index is 13.4. The molecule has 1 saturated heterocycles. The fourth-order valence-electron chi connectivity index (χ4n) is 4.79. The van der Waals surface area contributed by atoms with E-state index in [0.717, 1.165) is 6.07 Å². The molecule has 0 aliphatic carbocycles. The van der Waals surface area contributed by atoms with Crippen molar-refractivity contribution < 1.29 is 27.4 Å². The Bertz CT molecular complexity index is 1030. The molecule has 0 saturated carbocycles. The first-order valence-corrected chi connectivity index (χ1v) is 11.1. The first-order chi connectivity index (χ1) is 15.4. The van der Waals surface area contributed by atoms with Crippen molar-refractivity contribution in [2.24, 2.45) is 0 Å². The molecule has 1 N–H and O–H groups in total. The fraction of sp³-hybridized carbons (Fsp3) is 0.542. The molecule has 2 aliphatic heterocycles. The number of fused-ring (bicyclic) bond motifs is 2. The number of hydrogen-bond acceptors (Lipinski definition) is 4. The Labute approximate surface area is 191 Å². The maximum Gasteiger partial charge on any atom is 0.431 e. The normalized spacial score (nSPS) is 18.2. The molecule has 180 valence electrons. The third-order valence-electron chi connectivity index (χ3n) is 6.29. The summed E-state index contributed by atoms with van der Waals surface area (Å²) < 4.78 is 52.9. The number of nitrogens with zero attached hydrogens (tertiary/aromatic N) is 2. The highest BCUT2D eigenvalue weighted by molar-refractivity contribution is 5.95. The molecule has 1 fully saturated rings. The number of amides is 1. The number of halogens is 3. The summed E-state index contributed by atoms with van der Waals surface area (Å²) in [5, 5.41) is 3.44. The maximum atomic E-state index is 13.4. The van der Waals surface area contributed by atoms with E-state index in [2.05, 4.69) is 5.32 Å². The highest BCUT2D eigenvalue weighted by Gasteiger charge is 2.44. The summed E-state index contributed by atoms with van der Waals surface area (Å²) in [5.74, 6) is 0.912. The molecule has 1 spiro atoms. The Balaban J connectivity index is 1.50. The Morgan fingerprint density at radius 3 is 2.33 bits per heavy atom. The Morgan fingerprint density at radius 1 is 1.03 bits per heavy atom. The third kappa shape index (κ3) is 4.55. The van der Waals surface area contributed by atoms with E-state index in [4.69, 9.17) is 9.47 Å². The quantitative estimate of drug-likeness (QED) is 0.729. The molecule has 1 amide bonds. The number of carbonyl (C=O) groups is 1. The van der Waals surface area contributed by atoms with Crippen molar-refractivity contribution >= 4 is 5.91 Å². The Hall–Kier alpha value is -2.68. The van der Waals surface area contributed by atoms with Gasteiger partial charge in [0.2, 0.25) is 0 Å². The predicted octanol–water partition coefficient (Wildman–Crippen LogP) is 4.43. The molecule has 3 heterocycles. The number of aromatic nitrogens is 1. The molecule has 1 aromatic carbocycles. The number of carbonyl (C=O) groups excluding carboxylic acids is 1. The lowest BCUT2D eigenvalue weighted by atomic mass is 9.83. The lowest BCUT2D eigenvalue weighted by molar-refractivity contribution is -0.144. The van der Waals surface area contributed by atoms with E-state index in [-0.39, 0.29) is 12.5 Å². The zero-order valence-electron chi connectivity index (χ0n) is 19.4. The van der Waals surface area contributed by atoms with Crippen LogP contribution in [0.5, 0.6) is 11.5 Å². The van der Waals surface area contributed by atoms with E-state index in [1.54, 1.807) is 29.2 Å². The predicted molar refractivity (Wildman–Crippen MR) is 118 cm³/mol. The number of ether oxygens (including phenoxy) is 2. The van der Waals surface area contributed by atoms with Gasteiger partial charge in [0.25, 0.3) is 5.91 Å². The van der Waals surface area contributed by atoms with Crippen LogP contribution in [0.15, 0.2) is 30.3 Å². The van der Waals surface area contributed by atoms with Crippen molar-refractivity contribution in [3.05, 3.63) is 47.3 Å². The Morgan fingerprint density at radius 2 is 1.73 bits per heavy atom. The van der Waals surface area contributed by atoms with Gasteiger partial charge in [0, 0.05) is 37.4 Å². The second kappa shape index (κ2) is 8.27. The van der Waals surface area contributed by atoms with Crippen molar-refractivity contribution in [1.29, 1.82) is 0 Å². The summed E-state index contributed by atoms with van der Waals surface area (Å²) in [4.78, 5) is 14.9. The molecular formula is C24H30F3N3O3. The Kier molecular flexibility index (Phi) is 5.88. The first kappa shape index (κ1) is 23.5. The minimum absolute atomic E-state index is 0.132. The van der Waals surface area contributed by atoms with Gasteiger partial charge in [0.1, 0.15) is 11.3 Å². The van der Waals surface area contributed by atoms with Gasteiger partial charge in [0.05, 0.1) is 12.6 Å². The van der Waals surface area contributed by atoms with Gasteiger partial charge < -0.3 is 24.3 Å². The molecule has 33 heavy (non-hydrogen) atoms. The van der Waals surface area contributed by atoms with Crippen LogP contribution in [0, 0.1) is 0 Å². The van der Waals surface area contributed by atoms with Crippen LogP contribution < -0.4 is 14.8 Å². The molecule has 0 bridgehead atoms. The summed E-state index contributed by atoms with van der Waals surface area (Å²) in [6, 6.07) is 7.86. The van der Waals surface area contributed by atoms with Gasteiger partial charge in [-0.15, -0.1) is 0 Å². The van der Waals surface area contributed by atoms with Crippen LogP contribution >= 0.6 is 0 Å². The molecule has 2 aromatic rings. The van der Waals surface area contributed by atoms with Crippen molar-refractivity contribution in [3.8, 4) is 11.5 Å². The lowest BCUT2D eigenvalue weighted by Crippen LogP contribution is -2.56. The summed E-state index contributed by atoms with van der Waals surface area (Å²) in [6.45, 7) is 7.44. The smallest absolute Gasteiger partial charge is 0.431 e. The largest absolute Gasteiger partial charge is 0.493 e. The van der Waals surface area contributed by atoms with Crippen LogP contribution in [-0.2, 0) is 18.3 Å². The van der Waals surface area contributed by atoms with E-state index in [0.29, 0.717) is 55.2 Å². The molecule has 9 heteroatoms. The number of nitrogens with one attached hydrogen (secondary N) is 1. The number of rotatable bonds is 3. The standard InChI is InChI=1S/C24H30F3N3O3/c1-22(2,3)33-17-6-5-16(15-18(17)32-4)21(31)29-12-9-23(10-13-29)19-7-8-20(24(25,26)27)30(19)14-11-28-23/h5-8,15,28H,9-14H2,1-4H3. The molecule has 0 unspecified atom stereocenters. The molecule has 0 atom stereocenters. The van der Waals surface area contributed by atoms with Gasteiger partial charge in [-0.05, 0) is 63.9 Å². The molecule has 1 aromatic heterocycles. The number of methoxy groups -OCH3 is 1. The average molecular weight is 466 g/mol. The monoisotopic (exact) mass is 465 g/mol. The number of hydrogen-bond donors (Lipinski definition) is 1. The van der Waals surface area contributed by atoms with Crippen LogP contribution in [0.1, 0.15) is 55.4 Å². The molecule has 4 rings (SSSR count). The van der Waals surface area contributed by atoms with Crippen LogP contribution in [0.4, 0.5) is 13.2 Å². The minimum atomic E-state index is -4.38. The molecule has 6 nitrogen and oxygen atoms in total. The highest BCUT2D eigenvalue weighted by atomic mass is 19.4. The molecule has 2 aliphatic rings. The lowest BCUT2D eigenvalue weighted by Gasteiger charge is -2.45. The second-order valence-electron chi connectivity index (χ2n) is 9.63. The van der Waals surface area contributed by atoms with Gasteiger partial charge >= 0.3 is 6.18 Å². The topological polar surface area (TPSA) is 55.7 Å². The van der Waals surface area contributed by atoms with Gasteiger partial charge in [-0.3, -0.25) is 4.79 Å². The van der Waals surface area contributed by atoms with E-state index in [1.165, 1.54) is 11.7 Å². The summed E-state index contributed by atoms with van der Waals surface area (Å²) in [6.07, 6.45) is -3.29. The average Bonchev–Trinajstić information content (AvgIpc) is 3.19. The summed E-state index contributed by atoms with van der Waals surface area (Å²) in [7, 11) is 1.53. The van der Waals surface area contributed by atoms with Crippen molar-refractivity contribution in [3.63, 3.8) is 0 Å². The van der Waals surface area contributed by atoms with Gasteiger partial charge in [-0.25, -0.2) is 0 Å². The van der Waals surface area contributed by atoms with Crippen LogP contribution in [0.3, 0.4) is 0 Å². The van der Waals surface area contributed by atoms with E-state index in [1.807, 2.05) is 20.8 Å². The zero-order chi connectivity index (χ0) is 24.0. The number of benzene rings is 1. The van der Waals surface area contributed by atoms with Crippen LogP contribution in [0.2, 0.25) is 0 Å². The number of alkyl halides is 3. The van der Waals surface area contributed by atoms with Crippen molar-refractivity contribution in [2.75, 3.05) is 26.7 Å². The van der Waals surface area contributed by atoms with Crippen LogP contribution in [-0.4, -0.2) is 47.7 Å². The van der Waals surface area contributed by atoms with E-state index < -0.39 is 23.0 Å². The van der Waals surface area contributed by atoms with E-state index >= 15 is 0 Å². The summed E-state index contributed by atoms with van der Waals surface area (Å²) in [5.41, 5.74) is -0.430. The highest BCUT2D eigenvalue weighted by Crippen LogP contribution is 2.40. The number of likely N-dealkylation sites (tertiary alicyclic amines) is 1.